The molecule has 214 valence electrons. The highest BCUT2D eigenvalue weighted by Crippen LogP contribution is 2.42. The van der Waals surface area contributed by atoms with Gasteiger partial charge in [0.15, 0.2) is 0 Å². The van der Waals surface area contributed by atoms with Crippen LogP contribution in [0.3, 0.4) is 0 Å². The number of amides is 1. The Hall–Kier alpha value is -4.53. The van der Waals surface area contributed by atoms with Crippen LogP contribution in [0.1, 0.15) is 67.9 Å². The van der Waals surface area contributed by atoms with Crippen LogP contribution in [0.4, 0.5) is 10.1 Å². The maximum Gasteiger partial charge on any atom is 0.316 e. The second-order valence-electron chi connectivity index (χ2n) is 10.1. The van der Waals surface area contributed by atoms with Gasteiger partial charge in [0.1, 0.15) is 5.82 Å². The lowest BCUT2D eigenvalue weighted by Crippen LogP contribution is -2.16. The zero-order chi connectivity index (χ0) is 29.4. The van der Waals surface area contributed by atoms with Gasteiger partial charge in [-0.05, 0) is 66.8 Å². The van der Waals surface area contributed by atoms with Gasteiger partial charge in [-0.3, -0.25) is 9.59 Å². The van der Waals surface area contributed by atoms with Crippen molar-refractivity contribution in [1.82, 2.24) is 14.5 Å². The van der Waals surface area contributed by atoms with E-state index in [2.05, 4.69) is 19.9 Å². The van der Waals surface area contributed by atoms with Crippen LogP contribution in [0.15, 0.2) is 66.9 Å². The number of carboxylic acids is 1. The Morgan fingerprint density at radius 3 is 2.37 bits per heavy atom. The zero-order valence-electron chi connectivity index (χ0n) is 23.6. The van der Waals surface area contributed by atoms with E-state index in [4.69, 9.17) is 9.84 Å². The number of aliphatic carboxylic acids is 1. The van der Waals surface area contributed by atoms with Crippen molar-refractivity contribution in [3.8, 4) is 28.5 Å². The minimum absolute atomic E-state index is 0.0461. The van der Waals surface area contributed by atoms with Crippen molar-refractivity contribution in [2.24, 2.45) is 0 Å². The summed E-state index contributed by atoms with van der Waals surface area (Å²) in [5, 5.41) is 12.0. The van der Waals surface area contributed by atoms with Crippen LogP contribution in [-0.2, 0) is 11.3 Å². The number of carboxylic acid groups (broad SMARTS) is 1. The molecule has 2 N–H and O–H groups in total. The van der Waals surface area contributed by atoms with Crippen molar-refractivity contribution in [1.29, 1.82) is 0 Å². The van der Waals surface area contributed by atoms with Crippen molar-refractivity contribution < 1.29 is 23.8 Å². The molecule has 0 spiro atoms. The quantitative estimate of drug-likeness (QED) is 0.169. The first-order valence-electron chi connectivity index (χ1n) is 13.8. The molecule has 0 aliphatic heterocycles. The SMILES string of the molecule is COc1nccc(-c2c(C(=O)Nc3ccccc3)c(C(C)C)n(CCCCCCC(=O)O)c2-c2ccc(F)cc2)n1. The molecule has 0 fully saturated rings. The molecule has 0 saturated heterocycles. The summed E-state index contributed by atoms with van der Waals surface area (Å²) < 4.78 is 21.5. The number of unbranched alkanes of at least 4 members (excludes halogenated alkanes) is 3. The number of benzene rings is 2. The minimum Gasteiger partial charge on any atom is -0.481 e. The van der Waals surface area contributed by atoms with E-state index in [1.807, 2.05) is 44.2 Å². The Morgan fingerprint density at radius 1 is 1.00 bits per heavy atom. The van der Waals surface area contributed by atoms with Crippen LogP contribution >= 0.6 is 0 Å². The van der Waals surface area contributed by atoms with E-state index in [0.717, 1.165) is 36.2 Å². The van der Waals surface area contributed by atoms with Gasteiger partial charge in [0, 0.05) is 36.1 Å². The number of carbonyl (C=O) groups excluding carboxylic acids is 1. The monoisotopic (exact) mass is 558 g/mol. The Balaban J connectivity index is 1.91. The third-order valence-corrected chi connectivity index (χ3v) is 6.82. The molecule has 0 saturated carbocycles. The molecule has 0 atom stereocenters. The minimum atomic E-state index is -0.796. The second-order valence-corrected chi connectivity index (χ2v) is 10.1. The summed E-state index contributed by atoms with van der Waals surface area (Å²) in [7, 11) is 1.48. The largest absolute Gasteiger partial charge is 0.481 e. The van der Waals surface area contributed by atoms with Crippen LogP contribution in [0, 0.1) is 5.82 Å². The first kappa shape index (κ1) is 29.5. The molecule has 2 heterocycles. The van der Waals surface area contributed by atoms with Gasteiger partial charge in [0.2, 0.25) is 0 Å². The number of para-hydroxylation sites is 1. The number of anilines is 1. The van der Waals surface area contributed by atoms with Crippen LogP contribution in [0.5, 0.6) is 6.01 Å². The highest BCUT2D eigenvalue weighted by Gasteiger charge is 2.31. The molecule has 8 nitrogen and oxygen atoms in total. The number of ether oxygens (including phenoxy) is 1. The van der Waals surface area contributed by atoms with E-state index in [1.54, 1.807) is 24.4 Å². The summed E-state index contributed by atoms with van der Waals surface area (Å²) in [6.07, 6.45) is 4.73. The smallest absolute Gasteiger partial charge is 0.316 e. The number of nitrogens with one attached hydrogen (secondary N) is 1. The van der Waals surface area contributed by atoms with Gasteiger partial charge in [-0.15, -0.1) is 0 Å². The lowest BCUT2D eigenvalue weighted by Gasteiger charge is -2.17. The van der Waals surface area contributed by atoms with Crippen molar-refractivity contribution in [2.45, 2.75) is 58.4 Å². The summed E-state index contributed by atoms with van der Waals surface area (Å²) in [6.45, 7) is 4.66. The molecule has 2 aromatic heterocycles. The average molecular weight is 559 g/mol. The van der Waals surface area contributed by atoms with Crippen molar-refractivity contribution >= 4 is 17.6 Å². The zero-order valence-corrected chi connectivity index (χ0v) is 23.6. The standard InChI is InChI=1S/C32H35FN4O4/c1-21(2)29-28(31(40)35-24-11-7-6-8-12-24)27(25-18-19-34-32(36-25)41-3)30(22-14-16-23(33)17-15-22)37(29)20-10-5-4-9-13-26(38)39/h6-8,11-12,14-19,21H,4-5,9-10,13,20H2,1-3H3,(H,35,40)(H,38,39). The molecule has 1 amide bonds. The Kier molecular flexibility index (Phi) is 9.84. The van der Waals surface area contributed by atoms with E-state index in [9.17, 15) is 14.0 Å². The van der Waals surface area contributed by atoms with E-state index >= 15 is 0 Å². The summed E-state index contributed by atoms with van der Waals surface area (Å²) >= 11 is 0. The first-order valence-corrected chi connectivity index (χ1v) is 13.8. The molecule has 0 aliphatic carbocycles. The van der Waals surface area contributed by atoms with E-state index < -0.39 is 5.97 Å². The van der Waals surface area contributed by atoms with E-state index in [1.165, 1.54) is 19.2 Å². The molecule has 2 aromatic carbocycles. The van der Waals surface area contributed by atoms with Crippen molar-refractivity contribution in [2.75, 3.05) is 12.4 Å². The lowest BCUT2D eigenvalue weighted by molar-refractivity contribution is -0.137. The summed E-state index contributed by atoms with van der Waals surface area (Å²) in [5.41, 5.74) is 4.58. The highest BCUT2D eigenvalue weighted by atomic mass is 19.1. The van der Waals surface area contributed by atoms with Crippen molar-refractivity contribution in [3.63, 3.8) is 0 Å². The van der Waals surface area contributed by atoms with Gasteiger partial charge < -0.3 is 19.7 Å². The molecule has 9 heteroatoms. The average Bonchev–Trinajstić information content (AvgIpc) is 3.31. The van der Waals surface area contributed by atoms with Crippen LogP contribution in [-0.4, -0.2) is 38.6 Å². The van der Waals surface area contributed by atoms with Crippen LogP contribution < -0.4 is 10.1 Å². The summed E-state index contributed by atoms with van der Waals surface area (Å²) in [6, 6.07) is 17.4. The van der Waals surface area contributed by atoms with E-state index in [0.29, 0.717) is 35.5 Å². The van der Waals surface area contributed by atoms with Gasteiger partial charge in [0.25, 0.3) is 5.91 Å². The number of carbonyl (C=O) groups is 2. The number of methoxy groups -OCH3 is 1. The normalized spacial score (nSPS) is 11.0. The van der Waals surface area contributed by atoms with Crippen molar-refractivity contribution in [3.05, 3.63) is 83.9 Å². The molecule has 4 aromatic rings. The summed E-state index contributed by atoms with van der Waals surface area (Å²) in [4.78, 5) is 33.8. The third kappa shape index (κ3) is 7.16. The maximum atomic E-state index is 14.1. The van der Waals surface area contributed by atoms with E-state index in [-0.39, 0.29) is 30.1 Å². The molecule has 0 radical (unpaired) electrons. The number of aromatic nitrogens is 3. The third-order valence-electron chi connectivity index (χ3n) is 6.82. The predicted molar refractivity (Wildman–Crippen MR) is 157 cm³/mol. The molecular formula is C32H35FN4O4. The summed E-state index contributed by atoms with van der Waals surface area (Å²) in [5.74, 6) is -1.48. The number of halogens is 1. The fourth-order valence-electron chi connectivity index (χ4n) is 5.05. The molecule has 41 heavy (non-hydrogen) atoms. The predicted octanol–water partition coefficient (Wildman–Crippen LogP) is 7.17. The molecule has 0 bridgehead atoms. The topological polar surface area (TPSA) is 106 Å². The van der Waals surface area contributed by atoms with Gasteiger partial charge in [-0.2, -0.15) is 4.98 Å². The van der Waals surface area contributed by atoms with Gasteiger partial charge in [-0.25, -0.2) is 9.37 Å². The fraction of sp³-hybridized carbons (Fsp3) is 0.312. The highest BCUT2D eigenvalue weighted by molar-refractivity contribution is 6.12. The number of rotatable bonds is 13. The lowest BCUT2D eigenvalue weighted by atomic mass is 9.97. The molecule has 0 aliphatic rings. The Morgan fingerprint density at radius 2 is 1.71 bits per heavy atom. The van der Waals surface area contributed by atoms with Gasteiger partial charge in [0.05, 0.1) is 24.1 Å². The fourth-order valence-corrected chi connectivity index (χ4v) is 5.05. The second kappa shape index (κ2) is 13.7. The van der Waals surface area contributed by atoms with Crippen LogP contribution in [0.2, 0.25) is 0 Å². The Labute approximate surface area is 239 Å². The number of nitrogens with zero attached hydrogens (tertiary/aromatic N) is 3. The van der Waals surface area contributed by atoms with Gasteiger partial charge in [-0.1, -0.05) is 44.9 Å². The Bertz CT molecular complexity index is 1480. The molecular weight excluding hydrogens is 523 g/mol. The van der Waals surface area contributed by atoms with Gasteiger partial charge >= 0.3 is 12.0 Å². The number of hydrogen-bond acceptors (Lipinski definition) is 5. The number of hydrogen-bond donors (Lipinski definition) is 2. The molecule has 0 unspecified atom stereocenters. The maximum absolute atomic E-state index is 14.1. The first-order chi connectivity index (χ1) is 19.8. The van der Waals surface area contributed by atoms with Crippen LogP contribution in [0.25, 0.3) is 22.5 Å². The molecule has 4 rings (SSSR count).